The number of carbonyl (C=O) groups excluding carboxylic acids is 1. The highest BCUT2D eigenvalue weighted by atomic mass is 16.2. The molecule has 1 atom stereocenters. The number of nitrogens with one attached hydrogen (secondary N) is 1. The number of amides is 1. The molecule has 1 N–H and O–H groups in total. The minimum Gasteiger partial charge on any atom is -0.339 e. The number of hydrogen-bond donors (Lipinski definition) is 1. The van der Waals surface area contributed by atoms with Gasteiger partial charge < -0.3 is 4.90 Å². The molecule has 0 radical (unpaired) electrons. The summed E-state index contributed by atoms with van der Waals surface area (Å²) >= 11 is 0. The molecule has 1 unspecified atom stereocenters. The zero-order valence-electron chi connectivity index (χ0n) is 12.2. The largest absolute Gasteiger partial charge is 0.339 e. The van der Waals surface area contributed by atoms with Crippen LogP contribution in [-0.4, -0.2) is 29.9 Å². The van der Waals surface area contributed by atoms with Gasteiger partial charge >= 0.3 is 0 Å². The van der Waals surface area contributed by atoms with E-state index >= 15 is 0 Å². The lowest BCUT2D eigenvalue weighted by Gasteiger charge is -2.40. The molecule has 1 aliphatic rings. The number of rotatable bonds is 5. The van der Waals surface area contributed by atoms with Crippen LogP contribution in [0, 0.1) is 0 Å². The highest BCUT2D eigenvalue weighted by Gasteiger charge is 2.37. The molecule has 0 aliphatic carbocycles. The second-order valence-corrected chi connectivity index (χ2v) is 5.35. The molecule has 108 valence electrons. The maximum Gasteiger partial charge on any atom is 0.241 e. The summed E-state index contributed by atoms with van der Waals surface area (Å²) in [5, 5.41) is 3.51. The Bertz CT molecular complexity index is 558. The average molecular weight is 280 g/mol. The van der Waals surface area contributed by atoms with Crippen molar-refractivity contribution in [1.29, 1.82) is 0 Å². The van der Waals surface area contributed by atoms with Crippen LogP contribution in [0.1, 0.15) is 24.1 Å². The van der Waals surface area contributed by atoms with Crippen molar-refractivity contribution in [3.8, 4) is 0 Å². The van der Waals surface area contributed by atoms with Crippen molar-refractivity contribution in [3.05, 3.63) is 71.8 Å². The minimum absolute atomic E-state index is 0.0559. The Morgan fingerprint density at radius 2 is 1.57 bits per heavy atom. The maximum absolute atomic E-state index is 12.1. The summed E-state index contributed by atoms with van der Waals surface area (Å²) in [7, 11) is 0. The van der Waals surface area contributed by atoms with Crippen molar-refractivity contribution in [2.45, 2.75) is 19.0 Å². The molecule has 1 fully saturated rings. The first-order valence-corrected chi connectivity index (χ1v) is 7.44. The molecule has 1 heterocycles. The molecule has 0 saturated carbocycles. The quantitative estimate of drug-likeness (QED) is 0.854. The Morgan fingerprint density at radius 1 is 1.05 bits per heavy atom. The normalized spacial score (nSPS) is 17.9. The lowest BCUT2D eigenvalue weighted by Crippen LogP contribution is -2.63. The molecule has 1 aliphatic heterocycles. The molecule has 0 bridgehead atoms. The average Bonchev–Trinajstić information content (AvgIpc) is 2.55. The zero-order chi connectivity index (χ0) is 14.7. The summed E-state index contributed by atoms with van der Waals surface area (Å²) in [5.74, 6) is 0.203. The molecule has 1 amide bonds. The van der Waals surface area contributed by atoms with Crippen molar-refractivity contribution in [2.75, 3.05) is 13.1 Å². The van der Waals surface area contributed by atoms with Gasteiger partial charge in [0.2, 0.25) is 5.91 Å². The number of likely N-dealkylation sites (tertiary alicyclic amines) is 1. The van der Waals surface area contributed by atoms with Crippen LogP contribution in [0.4, 0.5) is 0 Å². The molecule has 2 aromatic carbocycles. The van der Waals surface area contributed by atoms with Gasteiger partial charge in [0, 0.05) is 13.1 Å². The fourth-order valence-electron chi connectivity index (χ4n) is 2.78. The fraction of sp³-hybridized carbons (Fsp3) is 0.278. The standard InChI is InChI=1S/C18H20N2O/c1-2-20-13-16(18(20)21)19-17(14-9-5-3-6-10-14)15-11-7-4-8-12-15/h3-12,16-17,19H,2,13H2,1H3. The summed E-state index contributed by atoms with van der Waals surface area (Å²) in [6, 6.07) is 20.6. The first kappa shape index (κ1) is 13.8. The summed E-state index contributed by atoms with van der Waals surface area (Å²) in [4.78, 5) is 13.9. The Balaban J connectivity index is 1.83. The summed E-state index contributed by atoms with van der Waals surface area (Å²) in [6.07, 6.45) is 0. The maximum atomic E-state index is 12.1. The van der Waals surface area contributed by atoms with E-state index in [0.717, 1.165) is 13.1 Å². The van der Waals surface area contributed by atoms with Crippen molar-refractivity contribution < 1.29 is 4.79 Å². The number of likely N-dealkylation sites (N-methyl/N-ethyl adjacent to an activating group) is 1. The molecule has 21 heavy (non-hydrogen) atoms. The van der Waals surface area contributed by atoms with Gasteiger partial charge in [-0.25, -0.2) is 0 Å². The molecule has 0 spiro atoms. The monoisotopic (exact) mass is 280 g/mol. The van der Waals surface area contributed by atoms with Crippen molar-refractivity contribution in [1.82, 2.24) is 10.2 Å². The zero-order valence-corrected chi connectivity index (χ0v) is 12.2. The predicted octanol–water partition coefficient (Wildman–Crippen LogP) is 2.60. The van der Waals surface area contributed by atoms with Crippen LogP contribution in [0.2, 0.25) is 0 Å². The fourth-order valence-corrected chi connectivity index (χ4v) is 2.78. The van der Waals surface area contributed by atoms with Gasteiger partial charge in [-0.1, -0.05) is 60.7 Å². The highest BCUT2D eigenvalue weighted by molar-refractivity contribution is 5.88. The van der Waals surface area contributed by atoms with E-state index < -0.39 is 0 Å². The van der Waals surface area contributed by atoms with Crippen molar-refractivity contribution >= 4 is 5.91 Å². The van der Waals surface area contributed by atoms with Crippen LogP contribution in [-0.2, 0) is 4.79 Å². The van der Waals surface area contributed by atoms with Gasteiger partial charge in [0.1, 0.15) is 6.04 Å². The molecular weight excluding hydrogens is 260 g/mol. The van der Waals surface area contributed by atoms with Gasteiger partial charge in [-0.2, -0.15) is 0 Å². The SMILES string of the molecule is CCN1CC(NC(c2ccccc2)c2ccccc2)C1=O. The van der Waals surface area contributed by atoms with E-state index in [1.807, 2.05) is 48.2 Å². The van der Waals surface area contributed by atoms with E-state index in [1.54, 1.807) is 0 Å². The van der Waals surface area contributed by atoms with Gasteiger partial charge in [-0.3, -0.25) is 10.1 Å². The van der Waals surface area contributed by atoms with Crippen molar-refractivity contribution in [2.24, 2.45) is 0 Å². The Labute approximate surface area is 125 Å². The van der Waals surface area contributed by atoms with Crippen molar-refractivity contribution in [3.63, 3.8) is 0 Å². The Hall–Kier alpha value is -2.13. The lowest BCUT2D eigenvalue weighted by atomic mass is 9.96. The molecular formula is C18H20N2O. The molecule has 0 aromatic heterocycles. The molecule has 3 nitrogen and oxygen atoms in total. The predicted molar refractivity (Wildman–Crippen MR) is 83.9 cm³/mol. The van der Waals surface area contributed by atoms with E-state index in [4.69, 9.17) is 0 Å². The molecule has 2 aromatic rings. The van der Waals surface area contributed by atoms with Gasteiger partial charge in [0.05, 0.1) is 6.04 Å². The van der Waals surface area contributed by atoms with Crippen LogP contribution in [0.3, 0.4) is 0 Å². The van der Waals surface area contributed by atoms with Gasteiger partial charge in [0.15, 0.2) is 0 Å². The van der Waals surface area contributed by atoms with Crippen LogP contribution in [0.25, 0.3) is 0 Å². The Kier molecular flexibility index (Phi) is 4.02. The summed E-state index contributed by atoms with van der Waals surface area (Å²) in [6.45, 7) is 3.60. The van der Waals surface area contributed by atoms with Gasteiger partial charge in [-0.15, -0.1) is 0 Å². The first-order chi connectivity index (χ1) is 10.3. The van der Waals surface area contributed by atoms with Crippen LogP contribution in [0.15, 0.2) is 60.7 Å². The second kappa shape index (κ2) is 6.10. The highest BCUT2D eigenvalue weighted by Crippen LogP contribution is 2.24. The van der Waals surface area contributed by atoms with E-state index in [1.165, 1.54) is 11.1 Å². The number of hydrogen-bond acceptors (Lipinski definition) is 2. The van der Waals surface area contributed by atoms with E-state index in [9.17, 15) is 4.79 Å². The summed E-state index contributed by atoms with van der Waals surface area (Å²) in [5.41, 5.74) is 2.37. The number of carbonyl (C=O) groups is 1. The van der Waals surface area contributed by atoms with Crippen LogP contribution >= 0.6 is 0 Å². The number of β-lactam (4-membered cyclic amide) rings is 1. The third kappa shape index (κ3) is 2.83. The molecule has 1 saturated heterocycles. The van der Waals surface area contributed by atoms with Crippen LogP contribution < -0.4 is 5.32 Å². The Morgan fingerprint density at radius 3 is 2.00 bits per heavy atom. The number of nitrogens with zero attached hydrogens (tertiary/aromatic N) is 1. The third-order valence-corrected chi connectivity index (χ3v) is 4.03. The smallest absolute Gasteiger partial charge is 0.241 e. The summed E-state index contributed by atoms with van der Waals surface area (Å²) < 4.78 is 0. The third-order valence-electron chi connectivity index (χ3n) is 4.03. The van der Waals surface area contributed by atoms with Crippen LogP contribution in [0.5, 0.6) is 0 Å². The van der Waals surface area contributed by atoms with E-state index in [0.29, 0.717) is 0 Å². The van der Waals surface area contributed by atoms with E-state index in [-0.39, 0.29) is 18.0 Å². The van der Waals surface area contributed by atoms with E-state index in [2.05, 4.69) is 29.6 Å². The minimum atomic E-state index is -0.0737. The molecule has 3 heteroatoms. The first-order valence-electron chi connectivity index (χ1n) is 7.44. The number of benzene rings is 2. The topological polar surface area (TPSA) is 32.3 Å². The second-order valence-electron chi connectivity index (χ2n) is 5.35. The van der Waals surface area contributed by atoms with Gasteiger partial charge in [0.25, 0.3) is 0 Å². The lowest BCUT2D eigenvalue weighted by molar-refractivity contribution is -0.143. The van der Waals surface area contributed by atoms with Gasteiger partial charge in [-0.05, 0) is 18.1 Å². The molecule has 3 rings (SSSR count).